The molecule has 7 heteroatoms. The Balaban J connectivity index is 1.99. The summed E-state index contributed by atoms with van der Waals surface area (Å²) in [7, 11) is -3.72. The first-order valence-corrected chi connectivity index (χ1v) is 11.6. The molecule has 28 heavy (non-hydrogen) atoms. The monoisotopic (exact) mass is 420 g/mol. The van der Waals surface area contributed by atoms with Crippen LogP contribution in [-0.4, -0.2) is 20.1 Å². The summed E-state index contributed by atoms with van der Waals surface area (Å²) in [5, 5.41) is 8.06. The number of carbonyl (C=O) groups excluding carboxylic acids is 1. The third-order valence-electron chi connectivity index (χ3n) is 4.50. The van der Waals surface area contributed by atoms with Gasteiger partial charge in [0.05, 0.1) is 16.7 Å². The van der Waals surface area contributed by atoms with Gasteiger partial charge in [-0.1, -0.05) is 45.0 Å². The maximum absolute atomic E-state index is 12.4. The lowest BCUT2D eigenvalue weighted by molar-refractivity contribution is -0.119. The van der Waals surface area contributed by atoms with Crippen molar-refractivity contribution in [2.24, 2.45) is 5.14 Å². The van der Waals surface area contributed by atoms with Crippen LogP contribution in [0.4, 0.5) is 0 Å². The van der Waals surface area contributed by atoms with Crippen LogP contribution in [-0.2, 0) is 20.2 Å². The summed E-state index contributed by atoms with van der Waals surface area (Å²) in [4.78, 5) is 13.5. The molecule has 1 amide bonds. The second kappa shape index (κ2) is 8.68. The SMILES string of the molecule is Cc1ccc(C(C)(C)C)cc1SCC(=O)N[C@H](C)c1ccc(S(N)(=O)=O)cc1. The molecule has 3 N–H and O–H groups in total. The third-order valence-corrected chi connectivity index (χ3v) is 6.59. The van der Waals surface area contributed by atoms with Crippen molar-refractivity contribution in [2.75, 3.05) is 5.75 Å². The molecular weight excluding hydrogens is 392 g/mol. The highest BCUT2D eigenvalue weighted by Gasteiger charge is 2.16. The maximum atomic E-state index is 12.4. The quantitative estimate of drug-likeness (QED) is 0.694. The van der Waals surface area contributed by atoms with Crippen molar-refractivity contribution < 1.29 is 13.2 Å². The first kappa shape index (κ1) is 22.5. The highest BCUT2D eigenvalue weighted by molar-refractivity contribution is 8.00. The highest BCUT2D eigenvalue weighted by atomic mass is 32.2. The fraction of sp³-hybridized carbons (Fsp3) is 0.381. The molecule has 0 saturated carbocycles. The second-order valence-electron chi connectivity index (χ2n) is 7.92. The summed E-state index contributed by atoms with van der Waals surface area (Å²) in [6.45, 7) is 10.4. The fourth-order valence-corrected chi connectivity index (χ4v) is 4.07. The number of nitrogens with one attached hydrogen (secondary N) is 1. The molecule has 5 nitrogen and oxygen atoms in total. The molecule has 0 unspecified atom stereocenters. The van der Waals surface area contributed by atoms with Gasteiger partial charge in [-0.3, -0.25) is 4.79 Å². The lowest BCUT2D eigenvalue weighted by Gasteiger charge is -2.20. The summed E-state index contributed by atoms with van der Waals surface area (Å²) in [6, 6.07) is 12.4. The number of thioether (sulfide) groups is 1. The van der Waals surface area contributed by atoms with Gasteiger partial charge in [-0.15, -0.1) is 11.8 Å². The van der Waals surface area contributed by atoms with Gasteiger partial charge >= 0.3 is 0 Å². The number of amides is 1. The number of benzene rings is 2. The summed E-state index contributed by atoms with van der Waals surface area (Å²) in [5.41, 5.74) is 3.27. The molecule has 1 atom stereocenters. The van der Waals surface area contributed by atoms with Gasteiger partial charge in [-0.25, -0.2) is 13.6 Å². The van der Waals surface area contributed by atoms with E-state index in [4.69, 9.17) is 5.14 Å². The molecule has 0 aromatic heterocycles. The molecule has 0 fully saturated rings. The molecule has 0 saturated heterocycles. The Morgan fingerprint density at radius 1 is 1.14 bits per heavy atom. The van der Waals surface area contributed by atoms with Crippen LogP contribution >= 0.6 is 11.8 Å². The fourth-order valence-electron chi connectivity index (χ4n) is 2.68. The minimum atomic E-state index is -3.72. The molecule has 0 spiro atoms. The Hall–Kier alpha value is -1.83. The number of rotatable bonds is 6. The van der Waals surface area contributed by atoms with Gasteiger partial charge in [0.25, 0.3) is 0 Å². The average molecular weight is 421 g/mol. The first-order chi connectivity index (χ1) is 12.9. The lowest BCUT2D eigenvalue weighted by Crippen LogP contribution is -2.28. The van der Waals surface area contributed by atoms with E-state index in [9.17, 15) is 13.2 Å². The first-order valence-electron chi connectivity index (χ1n) is 9.04. The Morgan fingerprint density at radius 2 is 1.75 bits per heavy atom. The molecule has 0 bridgehead atoms. The molecule has 2 rings (SSSR count). The van der Waals surface area contributed by atoms with Crippen LogP contribution in [0.15, 0.2) is 52.3 Å². The van der Waals surface area contributed by atoms with Crippen LogP contribution in [0.3, 0.4) is 0 Å². The van der Waals surface area contributed by atoms with E-state index in [1.807, 2.05) is 13.8 Å². The predicted molar refractivity (Wildman–Crippen MR) is 115 cm³/mol. The van der Waals surface area contributed by atoms with E-state index in [2.05, 4.69) is 44.3 Å². The molecule has 0 aliphatic carbocycles. The van der Waals surface area contributed by atoms with E-state index in [-0.39, 0.29) is 22.3 Å². The van der Waals surface area contributed by atoms with E-state index < -0.39 is 10.0 Å². The zero-order valence-electron chi connectivity index (χ0n) is 16.9. The number of hydrogen-bond acceptors (Lipinski definition) is 4. The molecule has 2 aromatic rings. The smallest absolute Gasteiger partial charge is 0.238 e. The third kappa shape index (κ3) is 6.09. The van der Waals surface area contributed by atoms with E-state index in [1.165, 1.54) is 29.5 Å². The maximum Gasteiger partial charge on any atom is 0.238 e. The van der Waals surface area contributed by atoms with Crippen molar-refractivity contribution in [3.05, 3.63) is 59.2 Å². The van der Waals surface area contributed by atoms with Crippen molar-refractivity contribution in [2.45, 2.75) is 55.9 Å². The van der Waals surface area contributed by atoms with Crippen LogP contribution in [0.2, 0.25) is 0 Å². The van der Waals surface area contributed by atoms with Crippen LogP contribution < -0.4 is 10.5 Å². The number of primary sulfonamides is 1. The normalized spacial score (nSPS) is 13.2. The van der Waals surface area contributed by atoms with Crippen molar-refractivity contribution >= 4 is 27.7 Å². The van der Waals surface area contributed by atoms with Crippen molar-refractivity contribution in [3.8, 4) is 0 Å². The van der Waals surface area contributed by atoms with E-state index in [0.29, 0.717) is 5.75 Å². The minimum Gasteiger partial charge on any atom is -0.349 e. The summed E-state index contributed by atoms with van der Waals surface area (Å²) < 4.78 is 22.7. The lowest BCUT2D eigenvalue weighted by atomic mass is 9.87. The molecule has 0 radical (unpaired) electrons. The largest absolute Gasteiger partial charge is 0.349 e. The summed E-state index contributed by atoms with van der Waals surface area (Å²) in [5.74, 6) is 0.238. The Morgan fingerprint density at radius 3 is 2.29 bits per heavy atom. The van der Waals surface area contributed by atoms with E-state index in [1.54, 1.807) is 12.1 Å². The predicted octanol–water partition coefficient (Wildman–Crippen LogP) is 3.91. The Bertz CT molecular complexity index is 947. The Labute approximate surface area is 172 Å². The molecule has 152 valence electrons. The molecule has 0 aliphatic heterocycles. The van der Waals surface area contributed by atoms with Crippen LogP contribution in [0, 0.1) is 6.92 Å². The Kier molecular flexibility index (Phi) is 6.96. The molecule has 0 heterocycles. The molecule has 2 aromatic carbocycles. The van der Waals surface area contributed by atoms with Gasteiger partial charge < -0.3 is 5.32 Å². The van der Waals surface area contributed by atoms with Gasteiger partial charge in [-0.05, 0) is 54.2 Å². The number of hydrogen-bond donors (Lipinski definition) is 2. The van der Waals surface area contributed by atoms with Crippen molar-refractivity contribution in [1.29, 1.82) is 0 Å². The zero-order valence-corrected chi connectivity index (χ0v) is 18.6. The van der Waals surface area contributed by atoms with Crippen LogP contribution in [0.5, 0.6) is 0 Å². The van der Waals surface area contributed by atoms with Crippen molar-refractivity contribution in [1.82, 2.24) is 5.32 Å². The van der Waals surface area contributed by atoms with Gasteiger partial charge in [0.15, 0.2) is 0 Å². The number of nitrogens with two attached hydrogens (primary N) is 1. The van der Waals surface area contributed by atoms with Gasteiger partial charge in [-0.2, -0.15) is 0 Å². The van der Waals surface area contributed by atoms with Crippen LogP contribution in [0.25, 0.3) is 0 Å². The molecular formula is C21H28N2O3S2. The highest BCUT2D eigenvalue weighted by Crippen LogP contribution is 2.29. The van der Waals surface area contributed by atoms with Crippen LogP contribution in [0.1, 0.15) is 50.4 Å². The average Bonchev–Trinajstić information content (AvgIpc) is 2.59. The van der Waals surface area contributed by atoms with E-state index >= 15 is 0 Å². The molecule has 0 aliphatic rings. The number of carbonyl (C=O) groups is 1. The number of aryl methyl sites for hydroxylation is 1. The van der Waals surface area contributed by atoms with Gasteiger partial charge in [0.2, 0.25) is 15.9 Å². The minimum absolute atomic E-state index is 0.0551. The van der Waals surface area contributed by atoms with Gasteiger partial charge in [0.1, 0.15) is 0 Å². The summed E-state index contributed by atoms with van der Waals surface area (Å²) >= 11 is 1.52. The standard InChI is InChI=1S/C21H28N2O3S2/c1-14-6-9-17(21(3,4)5)12-19(14)27-13-20(24)23-15(2)16-7-10-18(11-8-16)28(22,25)26/h6-12,15H,13H2,1-5H3,(H,23,24)(H2,22,25,26)/t15-/m1/s1. The topological polar surface area (TPSA) is 89.3 Å². The summed E-state index contributed by atoms with van der Waals surface area (Å²) in [6.07, 6.45) is 0. The van der Waals surface area contributed by atoms with E-state index in [0.717, 1.165) is 16.0 Å². The number of sulfonamides is 1. The second-order valence-corrected chi connectivity index (χ2v) is 10.5. The van der Waals surface area contributed by atoms with Gasteiger partial charge in [0, 0.05) is 4.90 Å². The van der Waals surface area contributed by atoms with Crippen molar-refractivity contribution in [3.63, 3.8) is 0 Å². The zero-order chi connectivity index (χ0) is 21.1.